The van der Waals surface area contributed by atoms with Gasteiger partial charge in [-0.3, -0.25) is 9.78 Å². The molecule has 0 saturated carbocycles. The summed E-state index contributed by atoms with van der Waals surface area (Å²) in [7, 11) is 1.65. The number of carbonyl (C=O) groups excluding carboxylic acids is 1. The molecule has 1 heterocycles. The van der Waals surface area contributed by atoms with E-state index in [4.69, 9.17) is 4.74 Å². The molecule has 5 nitrogen and oxygen atoms in total. The molecular formula is C23H25N3O2. The number of hydrogen-bond acceptors (Lipinski definition) is 4. The van der Waals surface area contributed by atoms with Gasteiger partial charge in [-0.25, -0.2) is 0 Å². The molecule has 28 heavy (non-hydrogen) atoms. The first-order chi connectivity index (χ1) is 13.6. The number of aryl methyl sites for hydroxylation is 2. The van der Waals surface area contributed by atoms with E-state index in [0.717, 1.165) is 40.2 Å². The highest BCUT2D eigenvalue weighted by molar-refractivity contribution is 6.04. The number of nitrogens with zero attached hydrogens (tertiary/aromatic N) is 1. The highest BCUT2D eigenvalue weighted by Crippen LogP contribution is 2.22. The van der Waals surface area contributed by atoms with Crippen LogP contribution in [0.5, 0.6) is 5.75 Å². The van der Waals surface area contributed by atoms with E-state index in [1.165, 1.54) is 0 Å². The molecule has 3 rings (SSSR count). The highest BCUT2D eigenvalue weighted by atomic mass is 16.5. The lowest BCUT2D eigenvalue weighted by Gasteiger charge is -2.13. The van der Waals surface area contributed by atoms with E-state index in [1.54, 1.807) is 19.4 Å². The van der Waals surface area contributed by atoms with Gasteiger partial charge in [0.1, 0.15) is 11.4 Å². The molecule has 0 atom stereocenters. The molecule has 3 aromatic rings. The Morgan fingerprint density at radius 2 is 1.89 bits per heavy atom. The maximum atomic E-state index is 12.7. The van der Waals surface area contributed by atoms with Crippen molar-refractivity contribution in [3.63, 3.8) is 0 Å². The highest BCUT2D eigenvalue weighted by Gasteiger charge is 2.12. The number of ether oxygens (including phenoxy) is 1. The lowest BCUT2D eigenvalue weighted by atomic mass is 10.1. The van der Waals surface area contributed by atoms with Crippen LogP contribution in [0.1, 0.15) is 34.1 Å². The number of aromatic nitrogens is 1. The van der Waals surface area contributed by atoms with Crippen LogP contribution < -0.4 is 15.4 Å². The van der Waals surface area contributed by atoms with Gasteiger partial charge in [0.15, 0.2) is 0 Å². The van der Waals surface area contributed by atoms with Crippen LogP contribution in [0.4, 0.5) is 11.4 Å². The second-order valence-corrected chi connectivity index (χ2v) is 6.55. The Labute approximate surface area is 165 Å². The van der Waals surface area contributed by atoms with E-state index in [9.17, 15) is 4.79 Å². The van der Waals surface area contributed by atoms with Crippen molar-refractivity contribution >= 4 is 17.3 Å². The number of rotatable bonds is 7. The van der Waals surface area contributed by atoms with E-state index >= 15 is 0 Å². The number of amides is 1. The first-order valence-electron chi connectivity index (χ1n) is 9.33. The van der Waals surface area contributed by atoms with Crippen LogP contribution in [0, 0.1) is 6.92 Å². The van der Waals surface area contributed by atoms with Crippen LogP contribution >= 0.6 is 0 Å². The summed E-state index contributed by atoms with van der Waals surface area (Å²) in [6.07, 6.45) is 2.50. The second kappa shape index (κ2) is 9.04. The molecule has 0 spiro atoms. The molecule has 0 bridgehead atoms. The van der Waals surface area contributed by atoms with Gasteiger partial charge in [-0.1, -0.05) is 37.3 Å². The number of benzene rings is 2. The summed E-state index contributed by atoms with van der Waals surface area (Å²) in [5, 5.41) is 6.35. The van der Waals surface area contributed by atoms with Crippen LogP contribution in [0.25, 0.3) is 0 Å². The van der Waals surface area contributed by atoms with Crippen molar-refractivity contribution in [1.29, 1.82) is 0 Å². The summed E-state index contributed by atoms with van der Waals surface area (Å²) < 4.78 is 5.17. The van der Waals surface area contributed by atoms with Crippen LogP contribution in [0.15, 0.2) is 60.8 Å². The van der Waals surface area contributed by atoms with Crippen molar-refractivity contribution in [2.24, 2.45) is 0 Å². The van der Waals surface area contributed by atoms with Crippen molar-refractivity contribution in [2.75, 3.05) is 17.7 Å². The molecule has 144 valence electrons. The number of methoxy groups -OCH3 is 1. The minimum absolute atomic E-state index is 0.211. The van der Waals surface area contributed by atoms with Crippen LogP contribution in [0.2, 0.25) is 0 Å². The predicted molar refractivity (Wildman–Crippen MR) is 113 cm³/mol. The van der Waals surface area contributed by atoms with Crippen molar-refractivity contribution in [1.82, 2.24) is 4.98 Å². The number of carbonyl (C=O) groups is 1. The summed E-state index contributed by atoms with van der Waals surface area (Å²) in [6.45, 7) is 4.72. The largest absolute Gasteiger partial charge is 0.497 e. The van der Waals surface area contributed by atoms with E-state index in [-0.39, 0.29) is 5.91 Å². The Kier molecular flexibility index (Phi) is 6.27. The van der Waals surface area contributed by atoms with E-state index in [1.807, 2.05) is 55.5 Å². The Morgan fingerprint density at radius 3 is 2.61 bits per heavy atom. The second-order valence-electron chi connectivity index (χ2n) is 6.55. The molecule has 0 fully saturated rings. The standard InChI is InChI=1S/C23H25N3O2/c1-4-18-7-5-6-16(2)22(18)26-23(27)21-14-19(12-13-24-21)25-15-17-8-10-20(28-3)11-9-17/h5-14H,4,15H2,1-3H3,(H,24,25)(H,26,27). The average Bonchev–Trinajstić information content (AvgIpc) is 2.74. The summed E-state index contributed by atoms with van der Waals surface area (Å²) in [5.41, 5.74) is 5.37. The van der Waals surface area contributed by atoms with Gasteiger partial charge in [0.2, 0.25) is 0 Å². The summed E-state index contributed by atoms with van der Waals surface area (Å²) in [6, 6.07) is 17.5. The van der Waals surface area contributed by atoms with Crippen LogP contribution in [0.3, 0.4) is 0 Å². The van der Waals surface area contributed by atoms with Crippen molar-refractivity contribution in [3.8, 4) is 5.75 Å². The average molecular weight is 375 g/mol. The molecule has 1 amide bonds. The topological polar surface area (TPSA) is 63.2 Å². The molecule has 5 heteroatoms. The third-order valence-electron chi connectivity index (χ3n) is 4.63. The van der Waals surface area contributed by atoms with Gasteiger partial charge in [0, 0.05) is 24.1 Å². The minimum Gasteiger partial charge on any atom is -0.497 e. The number of nitrogens with one attached hydrogen (secondary N) is 2. The molecule has 1 aromatic heterocycles. The fourth-order valence-electron chi connectivity index (χ4n) is 2.99. The Balaban J connectivity index is 1.69. The SMILES string of the molecule is CCc1cccc(C)c1NC(=O)c1cc(NCc2ccc(OC)cc2)ccn1. The van der Waals surface area contributed by atoms with E-state index in [0.29, 0.717) is 12.2 Å². The summed E-state index contributed by atoms with van der Waals surface area (Å²) in [5.74, 6) is 0.617. The quantitative estimate of drug-likeness (QED) is 0.621. The normalized spacial score (nSPS) is 10.4. The Hall–Kier alpha value is -3.34. The summed E-state index contributed by atoms with van der Waals surface area (Å²) >= 11 is 0. The predicted octanol–water partition coefficient (Wildman–Crippen LogP) is 4.83. The third kappa shape index (κ3) is 4.68. The lowest BCUT2D eigenvalue weighted by molar-refractivity contribution is 0.102. The van der Waals surface area contributed by atoms with Gasteiger partial charge in [-0.05, 0) is 54.3 Å². The van der Waals surface area contributed by atoms with Crippen LogP contribution in [-0.4, -0.2) is 18.0 Å². The van der Waals surface area contributed by atoms with Gasteiger partial charge in [-0.2, -0.15) is 0 Å². The molecule has 0 aliphatic rings. The van der Waals surface area contributed by atoms with E-state index < -0.39 is 0 Å². The molecule has 0 radical (unpaired) electrons. The Morgan fingerprint density at radius 1 is 1.11 bits per heavy atom. The number of anilines is 2. The third-order valence-corrected chi connectivity index (χ3v) is 4.63. The molecule has 0 saturated heterocycles. The smallest absolute Gasteiger partial charge is 0.274 e. The zero-order valence-electron chi connectivity index (χ0n) is 16.5. The monoisotopic (exact) mass is 375 g/mol. The first kappa shape index (κ1) is 19.4. The summed E-state index contributed by atoms with van der Waals surface area (Å²) in [4.78, 5) is 16.9. The van der Waals surface area contributed by atoms with Crippen LogP contribution in [-0.2, 0) is 13.0 Å². The van der Waals surface area contributed by atoms with Gasteiger partial charge in [0.05, 0.1) is 7.11 Å². The molecule has 0 unspecified atom stereocenters. The van der Waals surface area contributed by atoms with Crippen molar-refractivity contribution in [3.05, 3.63) is 83.2 Å². The first-order valence-corrected chi connectivity index (χ1v) is 9.33. The Bertz CT molecular complexity index is 952. The van der Waals surface area contributed by atoms with Crippen molar-refractivity contribution < 1.29 is 9.53 Å². The number of pyridine rings is 1. The van der Waals surface area contributed by atoms with Crippen molar-refractivity contribution in [2.45, 2.75) is 26.8 Å². The maximum Gasteiger partial charge on any atom is 0.274 e. The molecule has 0 aliphatic heterocycles. The van der Waals surface area contributed by atoms with E-state index in [2.05, 4.69) is 22.5 Å². The lowest BCUT2D eigenvalue weighted by Crippen LogP contribution is -2.16. The zero-order valence-corrected chi connectivity index (χ0v) is 16.5. The number of para-hydroxylation sites is 1. The van der Waals surface area contributed by atoms with Gasteiger partial charge < -0.3 is 15.4 Å². The van der Waals surface area contributed by atoms with Gasteiger partial charge in [-0.15, -0.1) is 0 Å². The molecule has 0 aliphatic carbocycles. The maximum absolute atomic E-state index is 12.7. The molecular weight excluding hydrogens is 350 g/mol. The zero-order chi connectivity index (χ0) is 19.9. The number of hydrogen-bond donors (Lipinski definition) is 2. The fraction of sp³-hybridized carbons (Fsp3) is 0.217. The molecule has 2 aromatic carbocycles. The fourth-order valence-corrected chi connectivity index (χ4v) is 2.99. The minimum atomic E-state index is -0.211. The van der Waals surface area contributed by atoms with Gasteiger partial charge in [0.25, 0.3) is 5.91 Å². The van der Waals surface area contributed by atoms with Gasteiger partial charge >= 0.3 is 0 Å². The molecule has 2 N–H and O–H groups in total.